The molecule has 0 unspecified atom stereocenters. The van der Waals surface area contributed by atoms with E-state index in [1.54, 1.807) is 13.1 Å². The number of hydrogen-bond donors (Lipinski definition) is 3. The van der Waals surface area contributed by atoms with E-state index in [0.717, 1.165) is 16.8 Å². The summed E-state index contributed by atoms with van der Waals surface area (Å²) in [6, 6.07) is 3.61. The summed E-state index contributed by atoms with van der Waals surface area (Å²) in [7, 11) is 3.72. The first-order valence-corrected chi connectivity index (χ1v) is 10.2. The number of fused-ring (bicyclic) bond motifs is 1. The number of anilines is 3. The van der Waals surface area contributed by atoms with Crippen molar-refractivity contribution in [3.63, 3.8) is 0 Å². The Morgan fingerprint density at radius 1 is 1.30 bits per heavy atom. The number of hydrogen-bond acceptors (Lipinski definition) is 7. The highest BCUT2D eigenvalue weighted by Crippen LogP contribution is 2.45. The molecule has 0 amide bonds. The molecule has 30 heavy (non-hydrogen) atoms. The molecule has 0 fully saturated rings. The van der Waals surface area contributed by atoms with Gasteiger partial charge in [0.25, 0.3) is 0 Å². The second-order valence-electron chi connectivity index (χ2n) is 8.15. The zero-order valence-electron chi connectivity index (χ0n) is 17.8. The van der Waals surface area contributed by atoms with Crippen LogP contribution < -0.4 is 15.4 Å². The number of likely N-dealkylation sites (N-methyl/N-ethyl adjacent to an activating group) is 1. The van der Waals surface area contributed by atoms with Crippen LogP contribution in [0.2, 0.25) is 0 Å². The molecule has 0 saturated carbocycles. The molecule has 2 aliphatic heterocycles. The normalized spacial score (nSPS) is 21.5. The number of rotatable bonds is 4. The largest absolute Gasteiger partial charge is 0.492 e. The van der Waals surface area contributed by atoms with Gasteiger partial charge in [0, 0.05) is 49.8 Å². The van der Waals surface area contributed by atoms with E-state index >= 15 is 4.39 Å². The Morgan fingerprint density at radius 3 is 2.87 bits per heavy atom. The van der Waals surface area contributed by atoms with Crippen molar-refractivity contribution in [1.29, 1.82) is 0 Å². The Bertz CT molecular complexity index is 994. The number of nitrogens with zero attached hydrogens (tertiary/aromatic N) is 3. The summed E-state index contributed by atoms with van der Waals surface area (Å²) < 4.78 is 21.7. The fourth-order valence-corrected chi connectivity index (χ4v) is 4.04. The lowest BCUT2D eigenvalue weighted by Crippen LogP contribution is -2.27. The van der Waals surface area contributed by atoms with Crippen molar-refractivity contribution in [3.05, 3.63) is 40.8 Å². The number of halogens is 1. The summed E-state index contributed by atoms with van der Waals surface area (Å²) in [5.41, 5.74) is 3.22. The van der Waals surface area contributed by atoms with Gasteiger partial charge < -0.3 is 25.4 Å². The van der Waals surface area contributed by atoms with Crippen LogP contribution in [-0.2, 0) is 0 Å². The van der Waals surface area contributed by atoms with Crippen molar-refractivity contribution in [1.82, 2.24) is 14.9 Å². The Balaban J connectivity index is 1.81. The first-order chi connectivity index (χ1) is 14.4. The Hall–Kier alpha value is -2.71. The molecule has 8 heteroatoms. The van der Waals surface area contributed by atoms with Crippen molar-refractivity contribution in [2.24, 2.45) is 0 Å². The summed E-state index contributed by atoms with van der Waals surface area (Å²) in [5, 5.41) is 16.4. The molecule has 7 nitrogen and oxygen atoms in total. The molecule has 3 N–H and O–H groups in total. The molecule has 2 atom stereocenters. The summed E-state index contributed by atoms with van der Waals surface area (Å²) in [6.45, 7) is 5.61. The standard InChI is InChI=1S/C22H28FN5O2/c1-12-11-30-21-16(12)9-17(26-22-25-13(2)7-18(24-3)27-22)20(23)19(21)14-5-6-28(4)10-15(29)8-14/h5,7,9,12,15,29H,6,8,10-11H2,1-4H3,(H2,24,25,26,27)/t12-,15+/m1/s1. The smallest absolute Gasteiger partial charge is 0.229 e. The third-order valence-corrected chi connectivity index (χ3v) is 5.56. The average Bonchev–Trinajstić information content (AvgIpc) is 2.96. The highest BCUT2D eigenvalue weighted by Gasteiger charge is 2.31. The number of benzene rings is 1. The Morgan fingerprint density at radius 2 is 2.10 bits per heavy atom. The molecule has 0 aliphatic carbocycles. The predicted octanol–water partition coefficient (Wildman–Crippen LogP) is 3.29. The van der Waals surface area contributed by atoms with Crippen LogP contribution in [0.5, 0.6) is 5.75 Å². The zero-order valence-corrected chi connectivity index (χ0v) is 17.8. The van der Waals surface area contributed by atoms with Crippen LogP contribution >= 0.6 is 0 Å². The second-order valence-corrected chi connectivity index (χ2v) is 8.15. The molecule has 0 spiro atoms. The summed E-state index contributed by atoms with van der Waals surface area (Å²) >= 11 is 0. The molecule has 1 aromatic carbocycles. The van der Waals surface area contributed by atoms with Crippen LogP contribution in [0.1, 0.15) is 36.1 Å². The summed E-state index contributed by atoms with van der Waals surface area (Å²) in [5.74, 6) is 1.29. The third-order valence-electron chi connectivity index (χ3n) is 5.56. The lowest BCUT2D eigenvalue weighted by Gasteiger charge is -2.18. The van der Waals surface area contributed by atoms with Gasteiger partial charge in [-0.3, -0.25) is 0 Å². The first kappa shape index (κ1) is 20.6. The minimum absolute atomic E-state index is 0.144. The number of β-amino-alcohol motifs (C(OH)–C–C–N with tert-alkyl or cyclic N) is 1. The third kappa shape index (κ3) is 3.97. The van der Waals surface area contributed by atoms with Crippen molar-refractivity contribution in [2.75, 3.05) is 44.4 Å². The number of nitrogens with one attached hydrogen (secondary N) is 2. The lowest BCUT2D eigenvalue weighted by molar-refractivity contribution is 0.139. The van der Waals surface area contributed by atoms with Gasteiger partial charge in [0.1, 0.15) is 11.6 Å². The van der Waals surface area contributed by atoms with Gasteiger partial charge in [0.05, 0.1) is 24.0 Å². The molecule has 0 saturated heterocycles. The van der Waals surface area contributed by atoms with Crippen LogP contribution in [-0.4, -0.2) is 59.9 Å². The van der Waals surface area contributed by atoms with Crippen LogP contribution in [0.15, 0.2) is 18.2 Å². The number of aryl methyl sites for hydroxylation is 1. The molecule has 3 heterocycles. The van der Waals surface area contributed by atoms with Crippen molar-refractivity contribution >= 4 is 23.0 Å². The molecule has 4 rings (SSSR count). The first-order valence-electron chi connectivity index (χ1n) is 10.2. The SMILES string of the molecule is CNc1cc(C)nc(Nc2cc3c(c(C4=CCN(C)C[C@@H](O)C4)c2F)OC[C@H]3C)n1. The van der Waals surface area contributed by atoms with Gasteiger partial charge in [-0.15, -0.1) is 0 Å². The summed E-state index contributed by atoms with van der Waals surface area (Å²) in [4.78, 5) is 10.8. The zero-order chi connectivity index (χ0) is 21.4. The van der Waals surface area contributed by atoms with E-state index in [2.05, 4.69) is 27.5 Å². The highest BCUT2D eigenvalue weighted by atomic mass is 19.1. The number of aliphatic hydroxyl groups is 1. The van der Waals surface area contributed by atoms with E-state index in [-0.39, 0.29) is 5.92 Å². The topological polar surface area (TPSA) is 82.5 Å². The number of aromatic nitrogens is 2. The van der Waals surface area contributed by atoms with Gasteiger partial charge in [-0.25, -0.2) is 9.37 Å². The fourth-order valence-electron chi connectivity index (χ4n) is 4.04. The van der Waals surface area contributed by atoms with Crippen LogP contribution in [0.3, 0.4) is 0 Å². The van der Waals surface area contributed by atoms with Crippen LogP contribution in [0.25, 0.3) is 5.57 Å². The minimum atomic E-state index is -0.562. The van der Waals surface area contributed by atoms with Gasteiger partial charge in [0.2, 0.25) is 5.95 Å². The van der Waals surface area contributed by atoms with E-state index < -0.39 is 11.9 Å². The monoisotopic (exact) mass is 413 g/mol. The van der Waals surface area contributed by atoms with Crippen LogP contribution in [0.4, 0.5) is 21.8 Å². The van der Waals surface area contributed by atoms with Gasteiger partial charge in [-0.05, 0) is 25.6 Å². The quantitative estimate of drug-likeness (QED) is 0.710. The van der Waals surface area contributed by atoms with Gasteiger partial charge in [0.15, 0.2) is 5.82 Å². The van der Waals surface area contributed by atoms with Crippen molar-refractivity contribution in [2.45, 2.75) is 32.3 Å². The molecule has 0 bridgehead atoms. The summed E-state index contributed by atoms with van der Waals surface area (Å²) in [6.07, 6.45) is 1.79. The Labute approximate surface area is 176 Å². The molecule has 0 radical (unpaired) electrons. The molecular formula is C22H28FN5O2. The maximum atomic E-state index is 15.8. The van der Waals surface area contributed by atoms with Crippen LogP contribution in [0, 0.1) is 12.7 Å². The van der Waals surface area contributed by atoms with Gasteiger partial charge >= 0.3 is 0 Å². The van der Waals surface area contributed by atoms with Crippen molar-refractivity contribution < 1.29 is 14.2 Å². The average molecular weight is 413 g/mol. The Kier molecular flexibility index (Phi) is 5.62. The van der Waals surface area contributed by atoms with E-state index in [1.165, 1.54) is 0 Å². The lowest BCUT2D eigenvalue weighted by atomic mass is 9.92. The van der Waals surface area contributed by atoms with E-state index in [9.17, 15) is 5.11 Å². The molecule has 2 aromatic rings. The highest BCUT2D eigenvalue weighted by molar-refractivity contribution is 5.78. The maximum absolute atomic E-state index is 15.8. The maximum Gasteiger partial charge on any atom is 0.229 e. The predicted molar refractivity (Wildman–Crippen MR) is 116 cm³/mol. The molecular weight excluding hydrogens is 385 g/mol. The van der Waals surface area contributed by atoms with Crippen molar-refractivity contribution in [3.8, 4) is 5.75 Å². The minimum Gasteiger partial charge on any atom is -0.492 e. The van der Waals surface area contributed by atoms with E-state index in [1.807, 2.05) is 31.0 Å². The second kappa shape index (κ2) is 8.20. The molecule has 1 aromatic heterocycles. The van der Waals surface area contributed by atoms with Gasteiger partial charge in [-0.1, -0.05) is 13.0 Å². The van der Waals surface area contributed by atoms with E-state index in [0.29, 0.717) is 54.9 Å². The molecule has 2 aliphatic rings. The van der Waals surface area contributed by atoms with Gasteiger partial charge in [-0.2, -0.15) is 4.98 Å². The molecule has 160 valence electrons. The number of aliphatic hydroxyl groups excluding tert-OH is 1. The fraction of sp³-hybridized carbons (Fsp3) is 0.455. The van der Waals surface area contributed by atoms with E-state index in [4.69, 9.17) is 4.74 Å². The number of ether oxygens (including phenoxy) is 1.